The molecule has 0 spiro atoms. The van der Waals surface area contributed by atoms with Crippen molar-refractivity contribution in [2.24, 2.45) is 0 Å². The SMILES string of the molecule is CCCCCCCCCCCC(=O)NCCOCCOCCC(=O)N[C@@H](C)C(=O)[O-].[Na+]. The van der Waals surface area contributed by atoms with Gasteiger partial charge in [0.1, 0.15) is 0 Å². The van der Waals surface area contributed by atoms with E-state index in [2.05, 4.69) is 17.6 Å². The molecule has 0 bridgehead atoms. The Kier molecular flexibility index (Phi) is 25.1. The Labute approximate surface area is 209 Å². The second-order valence-corrected chi connectivity index (χ2v) is 7.51. The van der Waals surface area contributed by atoms with E-state index in [1.165, 1.54) is 51.9 Å². The second-order valence-electron chi connectivity index (χ2n) is 7.51. The topological polar surface area (TPSA) is 117 Å². The summed E-state index contributed by atoms with van der Waals surface area (Å²) in [4.78, 5) is 33.7. The molecule has 0 saturated carbocycles. The number of rotatable bonds is 21. The van der Waals surface area contributed by atoms with Crippen LogP contribution in [0.3, 0.4) is 0 Å². The summed E-state index contributed by atoms with van der Waals surface area (Å²) in [6.45, 7) is 5.34. The standard InChI is InChI=1S/C22H42N2O6.Na/c1-3-4-5-6-7-8-9-10-11-12-20(25)23-14-16-30-18-17-29-15-13-21(26)24-19(2)22(27)28;/h19H,3-18H2,1-2H3,(H,23,25)(H,24,26)(H,27,28);/q;+1/p-1/t19-;/m0./s1. The van der Waals surface area contributed by atoms with E-state index in [0.717, 1.165) is 12.8 Å². The minimum Gasteiger partial charge on any atom is -0.548 e. The van der Waals surface area contributed by atoms with Gasteiger partial charge in [0.15, 0.2) is 0 Å². The number of carboxylic acids is 1. The monoisotopic (exact) mass is 452 g/mol. The van der Waals surface area contributed by atoms with Crippen LogP contribution in [-0.4, -0.2) is 56.8 Å². The van der Waals surface area contributed by atoms with E-state index < -0.39 is 17.9 Å². The van der Waals surface area contributed by atoms with Crippen molar-refractivity contribution in [3.8, 4) is 0 Å². The van der Waals surface area contributed by atoms with Crippen LogP contribution in [0, 0.1) is 0 Å². The van der Waals surface area contributed by atoms with E-state index in [-0.39, 0.29) is 48.5 Å². The van der Waals surface area contributed by atoms with Gasteiger partial charge in [0.2, 0.25) is 11.8 Å². The number of hydrogen-bond acceptors (Lipinski definition) is 6. The van der Waals surface area contributed by atoms with Gasteiger partial charge in [-0.25, -0.2) is 0 Å². The summed E-state index contributed by atoms with van der Waals surface area (Å²) in [5.41, 5.74) is 0. The summed E-state index contributed by atoms with van der Waals surface area (Å²) < 4.78 is 10.6. The van der Waals surface area contributed by atoms with Gasteiger partial charge in [0.05, 0.1) is 38.4 Å². The van der Waals surface area contributed by atoms with Crippen molar-refractivity contribution in [3.05, 3.63) is 0 Å². The molecule has 31 heavy (non-hydrogen) atoms. The van der Waals surface area contributed by atoms with Gasteiger partial charge in [-0.2, -0.15) is 0 Å². The van der Waals surface area contributed by atoms with Crippen LogP contribution in [-0.2, 0) is 23.9 Å². The average Bonchev–Trinajstić information content (AvgIpc) is 2.71. The van der Waals surface area contributed by atoms with Crippen LogP contribution < -0.4 is 45.3 Å². The van der Waals surface area contributed by atoms with Gasteiger partial charge in [-0.05, 0) is 13.3 Å². The zero-order valence-corrected chi connectivity index (χ0v) is 21.8. The molecule has 0 rings (SSSR count). The number of hydrogen-bond donors (Lipinski definition) is 2. The van der Waals surface area contributed by atoms with Crippen LogP contribution in [0.1, 0.15) is 84.5 Å². The molecule has 8 nitrogen and oxygen atoms in total. The maximum Gasteiger partial charge on any atom is 1.00 e. The van der Waals surface area contributed by atoms with Crippen molar-refractivity contribution < 1.29 is 58.5 Å². The van der Waals surface area contributed by atoms with Crippen LogP contribution in [0.4, 0.5) is 0 Å². The van der Waals surface area contributed by atoms with E-state index >= 15 is 0 Å². The molecule has 0 saturated heterocycles. The quantitative estimate of drug-likeness (QED) is 0.165. The summed E-state index contributed by atoms with van der Waals surface area (Å²) in [6.07, 6.45) is 11.8. The van der Waals surface area contributed by atoms with Gasteiger partial charge in [-0.15, -0.1) is 0 Å². The van der Waals surface area contributed by atoms with Gasteiger partial charge in [-0.3, -0.25) is 9.59 Å². The molecule has 0 aliphatic rings. The fourth-order valence-corrected chi connectivity index (χ4v) is 2.81. The van der Waals surface area contributed by atoms with Crippen molar-refractivity contribution in [2.75, 3.05) is 33.0 Å². The zero-order valence-electron chi connectivity index (χ0n) is 19.8. The molecule has 0 fully saturated rings. The van der Waals surface area contributed by atoms with Crippen LogP contribution in [0.15, 0.2) is 0 Å². The third-order valence-corrected chi connectivity index (χ3v) is 4.65. The largest absolute Gasteiger partial charge is 1.00 e. The van der Waals surface area contributed by atoms with Crippen molar-refractivity contribution in [2.45, 2.75) is 90.5 Å². The van der Waals surface area contributed by atoms with E-state index in [1.807, 2.05) is 0 Å². The molecule has 0 aromatic carbocycles. The Hall–Kier alpha value is -0.670. The first kappa shape index (κ1) is 32.5. The molecular weight excluding hydrogens is 411 g/mol. The van der Waals surface area contributed by atoms with Gasteiger partial charge < -0.3 is 30.0 Å². The molecule has 0 radical (unpaired) electrons. The van der Waals surface area contributed by atoms with Gasteiger partial charge in [0, 0.05) is 19.4 Å². The molecule has 9 heteroatoms. The molecule has 176 valence electrons. The number of unbranched alkanes of at least 4 members (excludes halogenated alkanes) is 8. The number of aliphatic carboxylic acids is 1. The molecule has 0 aromatic heterocycles. The number of carboxylic acid groups (broad SMARTS) is 1. The second kappa shape index (κ2) is 24.0. The molecule has 2 amide bonds. The third kappa shape index (κ3) is 23.8. The first-order valence-corrected chi connectivity index (χ1v) is 11.4. The van der Waals surface area contributed by atoms with Crippen molar-refractivity contribution >= 4 is 17.8 Å². The fourth-order valence-electron chi connectivity index (χ4n) is 2.81. The maximum atomic E-state index is 11.7. The third-order valence-electron chi connectivity index (χ3n) is 4.65. The van der Waals surface area contributed by atoms with Crippen LogP contribution in [0.5, 0.6) is 0 Å². The first-order chi connectivity index (χ1) is 14.5. The van der Waals surface area contributed by atoms with Crippen LogP contribution in [0.25, 0.3) is 0 Å². The summed E-state index contributed by atoms with van der Waals surface area (Å²) in [6, 6.07) is -1.02. The Balaban J connectivity index is 0. The van der Waals surface area contributed by atoms with Gasteiger partial charge >= 0.3 is 29.6 Å². The normalized spacial score (nSPS) is 11.4. The average molecular weight is 453 g/mol. The summed E-state index contributed by atoms with van der Waals surface area (Å²) in [5, 5.41) is 15.6. The van der Waals surface area contributed by atoms with Gasteiger partial charge in [0.25, 0.3) is 0 Å². The van der Waals surface area contributed by atoms with E-state index in [9.17, 15) is 19.5 Å². The summed E-state index contributed by atoms with van der Waals surface area (Å²) in [5.74, 6) is -1.66. The number of carbonyl (C=O) groups excluding carboxylic acids is 3. The molecule has 0 unspecified atom stereocenters. The van der Waals surface area contributed by atoms with E-state index in [1.54, 1.807) is 0 Å². The van der Waals surface area contributed by atoms with Gasteiger partial charge in [-0.1, -0.05) is 58.3 Å². The molecule has 0 aliphatic heterocycles. The Bertz CT molecular complexity index is 465. The maximum absolute atomic E-state index is 11.7. The Morgan fingerprint density at radius 3 is 1.90 bits per heavy atom. The van der Waals surface area contributed by atoms with Crippen molar-refractivity contribution in [1.29, 1.82) is 0 Å². The van der Waals surface area contributed by atoms with Crippen LogP contribution >= 0.6 is 0 Å². The minimum absolute atomic E-state index is 0. The molecule has 0 heterocycles. The first-order valence-electron chi connectivity index (χ1n) is 11.4. The van der Waals surface area contributed by atoms with Crippen LogP contribution in [0.2, 0.25) is 0 Å². The summed E-state index contributed by atoms with van der Waals surface area (Å²) in [7, 11) is 0. The molecule has 2 N–H and O–H groups in total. The molecule has 0 aromatic rings. The predicted octanol–water partition coefficient (Wildman–Crippen LogP) is -1.29. The van der Waals surface area contributed by atoms with Crippen molar-refractivity contribution in [3.63, 3.8) is 0 Å². The number of nitrogens with one attached hydrogen (secondary N) is 2. The Morgan fingerprint density at radius 2 is 1.32 bits per heavy atom. The van der Waals surface area contributed by atoms with Crippen molar-refractivity contribution in [1.82, 2.24) is 10.6 Å². The van der Waals surface area contributed by atoms with E-state index in [4.69, 9.17) is 9.47 Å². The summed E-state index contributed by atoms with van der Waals surface area (Å²) >= 11 is 0. The number of amides is 2. The predicted molar refractivity (Wildman–Crippen MR) is 114 cm³/mol. The molecule has 0 aliphatic carbocycles. The number of ether oxygens (including phenoxy) is 2. The minimum atomic E-state index is -1.32. The number of carbonyl (C=O) groups is 3. The smallest absolute Gasteiger partial charge is 0.548 e. The Morgan fingerprint density at radius 1 is 0.774 bits per heavy atom. The fraction of sp³-hybridized carbons (Fsp3) is 0.864. The molecule has 1 atom stereocenters. The molecular formula is C22H41N2NaO6. The van der Waals surface area contributed by atoms with E-state index in [0.29, 0.717) is 32.8 Å². The zero-order chi connectivity index (χ0) is 22.5.